The summed E-state index contributed by atoms with van der Waals surface area (Å²) < 4.78 is 10.0. The van der Waals surface area contributed by atoms with Crippen molar-refractivity contribution in [3.05, 3.63) is 0 Å². The van der Waals surface area contributed by atoms with Gasteiger partial charge in [0.2, 0.25) is 0 Å². The van der Waals surface area contributed by atoms with Gasteiger partial charge in [0.1, 0.15) is 5.78 Å². The predicted octanol–water partition coefficient (Wildman–Crippen LogP) is 2.04. The molecule has 0 spiro atoms. The van der Waals surface area contributed by atoms with E-state index in [1.807, 2.05) is 0 Å². The van der Waals surface area contributed by atoms with Crippen molar-refractivity contribution < 1.29 is 14.3 Å². The van der Waals surface area contributed by atoms with E-state index in [0.29, 0.717) is 44.4 Å². The Balaban J connectivity index is 3.27. The van der Waals surface area contributed by atoms with Gasteiger partial charge < -0.3 is 9.47 Å². The minimum atomic E-state index is 0.303. The van der Waals surface area contributed by atoms with Gasteiger partial charge in [-0.05, 0) is 5.92 Å². The molecule has 0 aliphatic heterocycles. The molecule has 0 bridgehead atoms. The van der Waals surface area contributed by atoms with Crippen LogP contribution in [0, 0.1) is 5.92 Å². The van der Waals surface area contributed by atoms with Gasteiger partial charge in [0.15, 0.2) is 0 Å². The van der Waals surface area contributed by atoms with Crippen molar-refractivity contribution in [3.8, 4) is 0 Å². The summed E-state index contributed by atoms with van der Waals surface area (Å²) in [7, 11) is 1.64. The standard InChI is InChI=1S/C11H22O3/c1-4-10(2)9-11(12)5-6-14-8-7-13-3/h10H,4-9H2,1-3H3. The highest BCUT2D eigenvalue weighted by Gasteiger charge is 2.06. The number of carbonyl (C=O) groups excluding carboxylic acids is 1. The molecule has 0 heterocycles. The first kappa shape index (κ1) is 13.6. The van der Waals surface area contributed by atoms with Gasteiger partial charge in [-0.1, -0.05) is 20.3 Å². The zero-order chi connectivity index (χ0) is 10.8. The van der Waals surface area contributed by atoms with Gasteiger partial charge in [-0.25, -0.2) is 0 Å². The molecule has 0 N–H and O–H groups in total. The Morgan fingerprint density at radius 1 is 1.29 bits per heavy atom. The van der Waals surface area contributed by atoms with Crippen molar-refractivity contribution in [3.63, 3.8) is 0 Å². The lowest BCUT2D eigenvalue weighted by atomic mass is 10.0. The molecule has 84 valence electrons. The number of hydrogen-bond donors (Lipinski definition) is 0. The summed E-state index contributed by atoms with van der Waals surface area (Å²) in [5.74, 6) is 0.804. The van der Waals surface area contributed by atoms with E-state index in [4.69, 9.17) is 9.47 Å². The van der Waals surface area contributed by atoms with Crippen LogP contribution in [0.4, 0.5) is 0 Å². The lowest BCUT2D eigenvalue weighted by Gasteiger charge is -2.07. The highest BCUT2D eigenvalue weighted by atomic mass is 16.5. The minimum absolute atomic E-state index is 0.303. The van der Waals surface area contributed by atoms with Crippen LogP contribution in [0.5, 0.6) is 0 Å². The van der Waals surface area contributed by atoms with E-state index >= 15 is 0 Å². The minimum Gasteiger partial charge on any atom is -0.382 e. The number of ether oxygens (including phenoxy) is 2. The van der Waals surface area contributed by atoms with Gasteiger partial charge in [0.25, 0.3) is 0 Å². The van der Waals surface area contributed by atoms with Crippen LogP contribution in [0.25, 0.3) is 0 Å². The van der Waals surface area contributed by atoms with Crippen LogP contribution < -0.4 is 0 Å². The molecule has 0 fully saturated rings. The highest BCUT2D eigenvalue weighted by Crippen LogP contribution is 2.08. The zero-order valence-corrected chi connectivity index (χ0v) is 9.54. The molecular weight excluding hydrogens is 180 g/mol. The molecule has 0 rings (SSSR count). The third-order valence-corrected chi connectivity index (χ3v) is 2.23. The van der Waals surface area contributed by atoms with Crippen LogP contribution in [0.15, 0.2) is 0 Å². The van der Waals surface area contributed by atoms with Gasteiger partial charge in [0.05, 0.1) is 19.8 Å². The fourth-order valence-corrected chi connectivity index (χ4v) is 1.07. The Morgan fingerprint density at radius 2 is 2.00 bits per heavy atom. The maximum absolute atomic E-state index is 11.3. The van der Waals surface area contributed by atoms with Crippen LogP contribution >= 0.6 is 0 Å². The summed E-state index contributed by atoms with van der Waals surface area (Å²) in [6.45, 7) is 5.90. The summed E-state index contributed by atoms with van der Waals surface area (Å²) in [4.78, 5) is 11.3. The molecule has 0 aliphatic carbocycles. The first-order chi connectivity index (χ1) is 6.70. The molecule has 3 heteroatoms. The largest absolute Gasteiger partial charge is 0.382 e. The second-order valence-corrected chi connectivity index (χ2v) is 3.61. The van der Waals surface area contributed by atoms with Gasteiger partial charge in [-0.15, -0.1) is 0 Å². The summed E-state index contributed by atoms with van der Waals surface area (Å²) >= 11 is 0. The van der Waals surface area contributed by atoms with Crippen molar-refractivity contribution in [2.75, 3.05) is 26.9 Å². The van der Waals surface area contributed by atoms with E-state index in [0.717, 1.165) is 6.42 Å². The SMILES string of the molecule is CCC(C)CC(=O)CCOCCOC. The topological polar surface area (TPSA) is 35.5 Å². The molecule has 1 atom stereocenters. The zero-order valence-electron chi connectivity index (χ0n) is 9.54. The van der Waals surface area contributed by atoms with Crippen molar-refractivity contribution in [2.45, 2.75) is 33.1 Å². The third kappa shape index (κ3) is 8.20. The average Bonchev–Trinajstić information content (AvgIpc) is 2.17. The molecule has 14 heavy (non-hydrogen) atoms. The second-order valence-electron chi connectivity index (χ2n) is 3.61. The lowest BCUT2D eigenvalue weighted by molar-refractivity contribution is -0.121. The second kappa shape index (κ2) is 9.16. The Kier molecular flexibility index (Phi) is 8.89. The van der Waals surface area contributed by atoms with E-state index in [2.05, 4.69) is 13.8 Å². The van der Waals surface area contributed by atoms with Gasteiger partial charge in [0, 0.05) is 20.0 Å². The average molecular weight is 202 g/mol. The summed E-state index contributed by atoms with van der Waals surface area (Å²) in [5, 5.41) is 0. The van der Waals surface area contributed by atoms with E-state index in [1.54, 1.807) is 7.11 Å². The number of carbonyl (C=O) groups is 1. The van der Waals surface area contributed by atoms with Crippen LogP contribution in [0.1, 0.15) is 33.1 Å². The number of rotatable bonds is 9. The molecule has 0 radical (unpaired) electrons. The molecule has 0 aromatic heterocycles. The van der Waals surface area contributed by atoms with Gasteiger partial charge in [-0.2, -0.15) is 0 Å². The first-order valence-electron chi connectivity index (χ1n) is 5.29. The summed E-state index contributed by atoms with van der Waals surface area (Å²) in [6.07, 6.45) is 2.29. The number of hydrogen-bond acceptors (Lipinski definition) is 3. The maximum atomic E-state index is 11.3. The van der Waals surface area contributed by atoms with Crippen molar-refractivity contribution >= 4 is 5.78 Å². The van der Waals surface area contributed by atoms with E-state index in [1.165, 1.54) is 0 Å². The number of ketones is 1. The Labute approximate surface area is 86.8 Å². The number of Topliss-reactive ketones (excluding diaryl/α,β-unsaturated/α-hetero) is 1. The quantitative estimate of drug-likeness (QED) is 0.537. The molecular formula is C11H22O3. The highest BCUT2D eigenvalue weighted by molar-refractivity contribution is 5.78. The van der Waals surface area contributed by atoms with Gasteiger partial charge >= 0.3 is 0 Å². The Bertz CT molecular complexity index is 145. The third-order valence-electron chi connectivity index (χ3n) is 2.23. The van der Waals surface area contributed by atoms with Crippen molar-refractivity contribution in [1.29, 1.82) is 0 Å². The summed E-state index contributed by atoms with van der Waals surface area (Å²) in [5.41, 5.74) is 0. The molecule has 0 saturated heterocycles. The normalized spacial score (nSPS) is 12.8. The smallest absolute Gasteiger partial charge is 0.135 e. The Hall–Kier alpha value is -0.410. The van der Waals surface area contributed by atoms with Crippen molar-refractivity contribution in [2.24, 2.45) is 5.92 Å². The molecule has 3 nitrogen and oxygen atoms in total. The molecule has 0 amide bonds. The van der Waals surface area contributed by atoms with Crippen molar-refractivity contribution in [1.82, 2.24) is 0 Å². The van der Waals surface area contributed by atoms with E-state index in [-0.39, 0.29) is 0 Å². The molecule has 0 aliphatic rings. The maximum Gasteiger partial charge on any atom is 0.135 e. The molecule has 0 saturated carbocycles. The van der Waals surface area contributed by atoms with Gasteiger partial charge in [-0.3, -0.25) is 4.79 Å². The first-order valence-corrected chi connectivity index (χ1v) is 5.29. The monoisotopic (exact) mass is 202 g/mol. The lowest BCUT2D eigenvalue weighted by Crippen LogP contribution is -2.10. The van der Waals surface area contributed by atoms with Crippen LogP contribution in [-0.4, -0.2) is 32.7 Å². The van der Waals surface area contributed by atoms with E-state index < -0.39 is 0 Å². The number of methoxy groups -OCH3 is 1. The van der Waals surface area contributed by atoms with Crippen LogP contribution in [0.3, 0.4) is 0 Å². The molecule has 0 aromatic rings. The fraction of sp³-hybridized carbons (Fsp3) is 0.909. The Morgan fingerprint density at radius 3 is 2.57 bits per heavy atom. The predicted molar refractivity (Wildman–Crippen MR) is 56.4 cm³/mol. The van der Waals surface area contributed by atoms with E-state index in [9.17, 15) is 4.79 Å². The van der Waals surface area contributed by atoms with Crippen LogP contribution in [-0.2, 0) is 14.3 Å². The summed E-state index contributed by atoms with van der Waals surface area (Å²) in [6, 6.07) is 0. The van der Waals surface area contributed by atoms with Crippen LogP contribution in [0.2, 0.25) is 0 Å². The fourth-order valence-electron chi connectivity index (χ4n) is 1.07. The molecule has 0 aromatic carbocycles. The molecule has 1 unspecified atom stereocenters.